The van der Waals surface area contributed by atoms with Gasteiger partial charge in [0, 0.05) is 6.54 Å². The summed E-state index contributed by atoms with van der Waals surface area (Å²) in [5.41, 5.74) is 2.33. The van der Waals surface area contributed by atoms with E-state index in [1.807, 2.05) is 12.1 Å². The van der Waals surface area contributed by atoms with Crippen LogP contribution in [0.25, 0.3) is 0 Å². The fourth-order valence-electron chi connectivity index (χ4n) is 2.11. The smallest absolute Gasteiger partial charge is 0.245 e. The van der Waals surface area contributed by atoms with Gasteiger partial charge in [-0.2, -0.15) is 0 Å². The van der Waals surface area contributed by atoms with E-state index < -0.39 is 6.04 Å². The molecule has 1 atom stereocenters. The predicted octanol–water partition coefficient (Wildman–Crippen LogP) is 1.10. The molecular formula is C14H18N2O2. The lowest BCUT2D eigenvalue weighted by atomic mass is 10.1. The molecule has 96 valence electrons. The number of piperazine rings is 1. The van der Waals surface area contributed by atoms with Crippen LogP contribution in [0.5, 0.6) is 0 Å². The number of benzene rings is 1. The van der Waals surface area contributed by atoms with Gasteiger partial charge in [0.25, 0.3) is 0 Å². The van der Waals surface area contributed by atoms with Crippen LogP contribution in [0, 0.1) is 0 Å². The van der Waals surface area contributed by atoms with E-state index in [4.69, 9.17) is 0 Å². The number of aryl methyl sites for hydroxylation is 1. The first-order chi connectivity index (χ1) is 8.60. The van der Waals surface area contributed by atoms with Gasteiger partial charge in [-0.3, -0.25) is 9.59 Å². The number of nitrogens with one attached hydrogen (secondary N) is 1. The second kappa shape index (κ2) is 5.21. The molecule has 0 spiro atoms. The molecule has 4 nitrogen and oxygen atoms in total. The third kappa shape index (κ3) is 2.70. The number of amides is 2. The molecule has 0 bridgehead atoms. The van der Waals surface area contributed by atoms with Crippen molar-refractivity contribution in [3.63, 3.8) is 0 Å². The molecule has 0 saturated carbocycles. The predicted molar refractivity (Wildman–Crippen MR) is 68.8 cm³/mol. The molecule has 1 saturated heterocycles. The van der Waals surface area contributed by atoms with E-state index in [1.165, 1.54) is 5.56 Å². The standard InChI is InChI=1S/C14H18N2O2/c1-3-11-4-6-12(7-5-11)8-16-9-13(17)15-10(2)14(16)18/h4-7,10H,3,8-9H2,1-2H3,(H,15,17). The quantitative estimate of drug-likeness (QED) is 0.868. The average Bonchev–Trinajstić information content (AvgIpc) is 2.36. The molecule has 1 unspecified atom stereocenters. The lowest BCUT2D eigenvalue weighted by Gasteiger charge is -2.30. The van der Waals surface area contributed by atoms with Gasteiger partial charge in [0.05, 0.1) is 6.54 Å². The van der Waals surface area contributed by atoms with Crippen molar-refractivity contribution in [3.05, 3.63) is 35.4 Å². The van der Waals surface area contributed by atoms with Crippen LogP contribution in [0.1, 0.15) is 25.0 Å². The van der Waals surface area contributed by atoms with Gasteiger partial charge in [0.2, 0.25) is 11.8 Å². The van der Waals surface area contributed by atoms with Gasteiger partial charge >= 0.3 is 0 Å². The van der Waals surface area contributed by atoms with Gasteiger partial charge in [0.15, 0.2) is 0 Å². The molecule has 1 aliphatic heterocycles. The largest absolute Gasteiger partial charge is 0.343 e. The summed E-state index contributed by atoms with van der Waals surface area (Å²) in [5, 5.41) is 2.63. The van der Waals surface area contributed by atoms with Gasteiger partial charge in [-0.15, -0.1) is 0 Å². The lowest BCUT2D eigenvalue weighted by Crippen LogP contribution is -2.56. The molecule has 1 aliphatic rings. The Morgan fingerprint density at radius 2 is 1.83 bits per heavy atom. The fourth-order valence-corrected chi connectivity index (χ4v) is 2.11. The zero-order valence-electron chi connectivity index (χ0n) is 10.8. The van der Waals surface area contributed by atoms with Gasteiger partial charge in [0.1, 0.15) is 6.04 Å². The zero-order chi connectivity index (χ0) is 13.1. The third-order valence-electron chi connectivity index (χ3n) is 3.20. The highest BCUT2D eigenvalue weighted by Crippen LogP contribution is 2.11. The van der Waals surface area contributed by atoms with Crippen molar-refractivity contribution < 1.29 is 9.59 Å². The highest BCUT2D eigenvalue weighted by molar-refractivity contribution is 5.94. The minimum atomic E-state index is -0.416. The van der Waals surface area contributed by atoms with Crippen molar-refractivity contribution >= 4 is 11.8 Å². The van der Waals surface area contributed by atoms with Crippen LogP contribution < -0.4 is 5.32 Å². The monoisotopic (exact) mass is 246 g/mol. The van der Waals surface area contributed by atoms with Gasteiger partial charge in [-0.1, -0.05) is 31.2 Å². The first-order valence-corrected chi connectivity index (χ1v) is 6.26. The summed E-state index contributed by atoms with van der Waals surface area (Å²) in [6, 6.07) is 7.74. The van der Waals surface area contributed by atoms with Crippen LogP contribution in [-0.4, -0.2) is 29.3 Å². The summed E-state index contributed by atoms with van der Waals surface area (Å²) in [6.07, 6.45) is 1.00. The van der Waals surface area contributed by atoms with Crippen LogP contribution in [0.4, 0.5) is 0 Å². The second-order valence-corrected chi connectivity index (χ2v) is 4.65. The van der Waals surface area contributed by atoms with Crippen LogP contribution in [-0.2, 0) is 22.6 Å². The number of hydrogen-bond acceptors (Lipinski definition) is 2. The minimum Gasteiger partial charge on any atom is -0.343 e. The minimum absolute atomic E-state index is 0.0193. The maximum atomic E-state index is 11.9. The number of nitrogens with zero attached hydrogens (tertiary/aromatic N) is 1. The molecule has 4 heteroatoms. The van der Waals surface area contributed by atoms with Crippen LogP contribution in [0.15, 0.2) is 24.3 Å². The van der Waals surface area contributed by atoms with Crippen LogP contribution in [0.2, 0.25) is 0 Å². The Morgan fingerprint density at radius 1 is 1.22 bits per heavy atom. The number of carbonyl (C=O) groups excluding carboxylic acids is 2. The summed E-state index contributed by atoms with van der Waals surface area (Å²) < 4.78 is 0. The molecular weight excluding hydrogens is 228 g/mol. The average molecular weight is 246 g/mol. The SMILES string of the molecule is CCc1ccc(CN2CC(=O)NC(C)C2=O)cc1. The van der Waals surface area contributed by atoms with E-state index in [0.29, 0.717) is 6.54 Å². The molecule has 1 aromatic rings. The maximum Gasteiger partial charge on any atom is 0.245 e. The van der Waals surface area contributed by atoms with Gasteiger partial charge in [-0.25, -0.2) is 0 Å². The Bertz CT molecular complexity index is 453. The summed E-state index contributed by atoms with van der Waals surface area (Å²) in [7, 11) is 0. The molecule has 0 radical (unpaired) electrons. The second-order valence-electron chi connectivity index (χ2n) is 4.65. The number of hydrogen-bond donors (Lipinski definition) is 1. The Hall–Kier alpha value is -1.84. The number of carbonyl (C=O) groups is 2. The Labute approximate surface area is 107 Å². The van der Waals surface area contributed by atoms with Crippen molar-refractivity contribution in [2.45, 2.75) is 32.9 Å². The maximum absolute atomic E-state index is 11.9. The Morgan fingerprint density at radius 3 is 2.44 bits per heavy atom. The van der Waals surface area contributed by atoms with Crippen molar-refractivity contribution in [2.75, 3.05) is 6.54 Å². The fraction of sp³-hybridized carbons (Fsp3) is 0.429. The molecule has 1 aromatic carbocycles. The first-order valence-electron chi connectivity index (χ1n) is 6.26. The van der Waals surface area contributed by atoms with E-state index in [-0.39, 0.29) is 18.4 Å². The Kier molecular flexibility index (Phi) is 3.65. The molecule has 1 N–H and O–H groups in total. The molecule has 1 heterocycles. The molecule has 0 aromatic heterocycles. The summed E-state index contributed by atoms with van der Waals surface area (Å²) in [6.45, 7) is 4.47. The van der Waals surface area contributed by atoms with Crippen molar-refractivity contribution in [2.24, 2.45) is 0 Å². The first kappa shape index (κ1) is 12.6. The molecule has 2 amide bonds. The van der Waals surface area contributed by atoms with E-state index in [9.17, 15) is 9.59 Å². The summed E-state index contributed by atoms with van der Waals surface area (Å²) >= 11 is 0. The van der Waals surface area contributed by atoms with Crippen molar-refractivity contribution in [1.82, 2.24) is 10.2 Å². The Balaban J connectivity index is 2.07. The summed E-state index contributed by atoms with van der Waals surface area (Å²) in [5.74, 6) is -0.110. The molecule has 18 heavy (non-hydrogen) atoms. The molecule has 0 aliphatic carbocycles. The van der Waals surface area contributed by atoms with Crippen LogP contribution in [0.3, 0.4) is 0 Å². The lowest BCUT2D eigenvalue weighted by molar-refractivity contribution is -0.144. The molecule has 2 rings (SSSR count). The molecule has 1 fully saturated rings. The number of rotatable bonds is 3. The van der Waals surface area contributed by atoms with Crippen molar-refractivity contribution in [1.29, 1.82) is 0 Å². The van der Waals surface area contributed by atoms with Gasteiger partial charge < -0.3 is 10.2 Å². The third-order valence-corrected chi connectivity index (χ3v) is 3.20. The van der Waals surface area contributed by atoms with Gasteiger partial charge in [-0.05, 0) is 24.5 Å². The van der Waals surface area contributed by atoms with Crippen LogP contribution >= 0.6 is 0 Å². The van der Waals surface area contributed by atoms with E-state index in [1.54, 1.807) is 11.8 Å². The highest BCUT2D eigenvalue weighted by atomic mass is 16.2. The van der Waals surface area contributed by atoms with Crippen molar-refractivity contribution in [3.8, 4) is 0 Å². The van der Waals surface area contributed by atoms with E-state index in [0.717, 1.165) is 12.0 Å². The summed E-state index contributed by atoms with van der Waals surface area (Å²) in [4.78, 5) is 24.9. The highest BCUT2D eigenvalue weighted by Gasteiger charge is 2.29. The topological polar surface area (TPSA) is 49.4 Å². The van der Waals surface area contributed by atoms with E-state index >= 15 is 0 Å². The van der Waals surface area contributed by atoms with E-state index in [2.05, 4.69) is 24.4 Å². The zero-order valence-corrected chi connectivity index (χ0v) is 10.8. The normalized spacial score (nSPS) is 19.9.